The molecule has 3 nitrogen and oxygen atoms in total. The van der Waals surface area contributed by atoms with Gasteiger partial charge in [0.25, 0.3) is 0 Å². The minimum Gasteiger partial charge on any atom is -0.380 e. The second-order valence-corrected chi connectivity index (χ2v) is 5.99. The van der Waals surface area contributed by atoms with Gasteiger partial charge in [-0.2, -0.15) is 0 Å². The first-order valence-electron chi connectivity index (χ1n) is 7.47. The molecule has 0 aromatic rings. The topological polar surface area (TPSA) is 24.5 Å². The fourth-order valence-electron chi connectivity index (χ4n) is 2.06. The second kappa shape index (κ2) is 9.76. The molecule has 0 spiro atoms. The highest BCUT2D eigenvalue weighted by Crippen LogP contribution is 2.07. The van der Waals surface area contributed by atoms with Crippen LogP contribution in [0.15, 0.2) is 0 Å². The average Bonchev–Trinajstić information content (AvgIpc) is 2.29. The van der Waals surface area contributed by atoms with E-state index >= 15 is 0 Å². The number of nitrogens with zero attached hydrogens (tertiary/aromatic N) is 1. The first-order valence-corrected chi connectivity index (χ1v) is 7.47. The molecule has 0 aromatic carbocycles. The maximum Gasteiger partial charge on any atom is 0.0593 e. The molecule has 0 amide bonds. The molecule has 18 heavy (non-hydrogen) atoms. The van der Waals surface area contributed by atoms with Crippen molar-refractivity contribution in [1.82, 2.24) is 10.2 Å². The first kappa shape index (κ1) is 17.9. The fourth-order valence-corrected chi connectivity index (χ4v) is 2.06. The van der Waals surface area contributed by atoms with E-state index in [0.717, 1.165) is 32.8 Å². The molecule has 1 atom stereocenters. The third-order valence-corrected chi connectivity index (χ3v) is 3.21. The van der Waals surface area contributed by atoms with Crippen LogP contribution in [-0.2, 0) is 4.74 Å². The zero-order valence-corrected chi connectivity index (χ0v) is 13.4. The largest absolute Gasteiger partial charge is 0.380 e. The quantitative estimate of drug-likeness (QED) is 0.610. The number of likely N-dealkylation sites (N-methyl/N-ethyl adjacent to an activating group) is 1. The highest BCUT2D eigenvalue weighted by atomic mass is 16.5. The Morgan fingerprint density at radius 3 is 2.39 bits per heavy atom. The molecule has 0 bridgehead atoms. The zero-order valence-electron chi connectivity index (χ0n) is 13.4. The van der Waals surface area contributed by atoms with Crippen LogP contribution in [0.3, 0.4) is 0 Å². The van der Waals surface area contributed by atoms with Crippen molar-refractivity contribution in [3.05, 3.63) is 0 Å². The third kappa shape index (κ3) is 9.86. The summed E-state index contributed by atoms with van der Waals surface area (Å²) < 4.78 is 5.43. The number of ether oxygens (including phenoxy) is 1. The summed E-state index contributed by atoms with van der Waals surface area (Å²) in [5.74, 6) is 0. The van der Waals surface area contributed by atoms with E-state index < -0.39 is 0 Å². The van der Waals surface area contributed by atoms with Crippen molar-refractivity contribution in [2.45, 2.75) is 66.0 Å². The summed E-state index contributed by atoms with van der Waals surface area (Å²) in [6.07, 6.45) is 2.49. The van der Waals surface area contributed by atoms with Crippen LogP contribution in [0.1, 0.15) is 54.4 Å². The Morgan fingerprint density at radius 1 is 1.22 bits per heavy atom. The first-order chi connectivity index (χ1) is 8.40. The maximum atomic E-state index is 5.43. The molecule has 0 fully saturated rings. The van der Waals surface area contributed by atoms with Gasteiger partial charge in [0.2, 0.25) is 0 Å². The second-order valence-electron chi connectivity index (χ2n) is 5.99. The molecular formula is C15H34N2O. The Bertz CT molecular complexity index is 189. The van der Waals surface area contributed by atoms with E-state index in [2.05, 4.69) is 51.8 Å². The minimum absolute atomic E-state index is 0.239. The molecule has 3 heteroatoms. The van der Waals surface area contributed by atoms with Crippen LogP contribution in [0, 0.1) is 0 Å². The molecule has 0 saturated carbocycles. The highest BCUT2D eigenvalue weighted by molar-refractivity contribution is 4.71. The van der Waals surface area contributed by atoms with Crippen molar-refractivity contribution in [2.75, 3.05) is 32.8 Å². The van der Waals surface area contributed by atoms with E-state index in [1.165, 1.54) is 12.8 Å². The molecule has 0 heterocycles. The number of nitrogens with one attached hydrogen (secondary N) is 1. The van der Waals surface area contributed by atoms with Crippen molar-refractivity contribution in [3.8, 4) is 0 Å². The highest BCUT2D eigenvalue weighted by Gasteiger charge is 2.12. The fraction of sp³-hybridized carbons (Fsp3) is 1.00. The maximum absolute atomic E-state index is 5.43. The van der Waals surface area contributed by atoms with Crippen molar-refractivity contribution in [1.29, 1.82) is 0 Å². The van der Waals surface area contributed by atoms with Gasteiger partial charge >= 0.3 is 0 Å². The van der Waals surface area contributed by atoms with Crippen LogP contribution in [-0.4, -0.2) is 49.3 Å². The van der Waals surface area contributed by atoms with Crippen molar-refractivity contribution >= 4 is 0 Å². The molecule has 110 valence electrons. The van der Waals surface area contributed by atoms with Crippen LogP contribution in [0.4, 0.5) is 0 Å². The molecule has 1 unspecified atom stereocenters. The minimum atomic E-state index is 0.239. The van der Waals surface area contributed by atoms with Gasteiger partial charge in [-0.05, 0) is 60.5 Å². The lowest BCUT2D eigenvalue weighted by atomic mass is 10.1. The van der Waals surface area contributed by atoms with E-state index in [-0.39, 0.29) is 5.54 Å². The van der Waals surface area contributed by atoms with Gasteiger partial charge in [0.05, 0.1) is 6.61 Å². The Labute approximate surface area is 114 Å². The van der Waals surface area contributed by atoms with E-state index in [1.54, 1.807) is 0 Å². The Morgan fingerprint density at radius 2 is 1.89 bits per heavy atom. The summed E-state index contributed by atoms with van der Waals surface area (Å²) in [7, 11) is 0. The summed E-state index contributed by atoms with van der Waals surface area (Å²) in [5, 5.41) is 3.54. The van der Waals surface area contributed by atoms with E-state index in [9.17, 15) is 0 Å². The normalized spacial score (nSPS) is 14.2. The molecule has 0 aromatic heterocycles. The van der Waals surface area contributed by atoms with Gasteiger partial charge in [-0.25, -0.2) is 0 Å². The molecule has 0 aliphatic carbocycles. The van der Waals surface area contributed by atoms with Gasteiger partial charge in [0, 0.05) is 24.7 Å². The lowest BCUT2D eigenvalue weighted by Gasteiger charge is -2.28. The zero-order chi connectivity index (χ0) is 14.0. The lowest BCUT2D eigenvalue weighted by Crippen LogP contribution is -2.38. The average molecular weight is 258 g/mol. The summed E-state index contributed by atoms with van der Waals surface area (Å²) in [5.41, 5.74) is 0.239. The predicted octanol–water partition coefficient (Wildman–Crippen LogP) is 2.90. The predicted molar refractivity (Wildman–Crippen MR) is 80.2 cm³/mol. The molecule has 0 aliphatic heterocycles. The number of rotatable bonds is 10. The summed E-state index contributed by atoms with van der Waals surface area (Å²) >= 11 is 0. The molecule has 0 aliphatic rings. The number of hydrogen-bond acceptors (Lipinski definition) is 3. The van der Waals surface area contributed by atoms with Crippen LogP contribution in [0.5, 0.6) is 0 Å². The van der Waals surface area contributed by atoms with Crippen molar-refractivity contribution in [2.24, 2.45) is 0 Å². The van der Waals surface area contributed by atoms with Gasteiger partial charge in [-0.3, -0.25) is 4.90 Å². The van der Waals surface area contributed by atoms with Crippen molar-refractivity contribution < 1.29 is 4.74 Å². The van der Waals surface area contributed by atoms with Gasteiger partial charge in [-0.1, -0.05) is 6.92 Å². The van der Waals surface area contributed by atoms with Gasteiger partial charge in [-0.15, -0.1) is 0 Å². The Balaban J connectivity index is 3.72. The lowest BCUT2D eigenvalue weighted by molar-refractivity contribution is 0.0976. The van der Waals surface area contributed by atoms with Gasteiger partial charge in [0.15, 0.2) is 0 Å². The van der Waals surface area contributed by atoms with Gasteiger partial charge in [0.1, 0.15) is 0 Å². The van der Waals surface area contributed by atoms with Crippen LogP contribution < -0.4 is 5.32 Å². The van der Waals surface area contributed by atoms with Crippen LogP contribution >= 0.6 is 0 Å². The standard InChI is InChI=1S/C15H34N2O/c1-7-17(12-13-18-8-2)14(3)10-9-11-16-15(4,5)6/h14,16H,7-13H2,1-6H3. The summed E-state index contributed by atoms with van der Waals surface area (Å²) in [6.45, 7) is 18.2. The molecule has 0 radical (unpaired) electrons. The SMILES string of the molecule is CCOCCN(CC)C(C)CCCNC(C)(C)C. The number of hydrogen-bond donors (Lipinski definition) is 1. The Hall–Kier alpha value is -0.120. The Kier molecular flexibility index (Phi) is 9.70. The third-order valence-electron chi connectivity index (χ3n) is 3.21. The van der Waals surface area contributed by atoms with Crippen LogP contribution in [0.2, 0.25) is 0 Å². The van der Waals surface area contributed by atoms with Crippen molar-refractivity contribution in [3.63, 3.8) is 0 Å². The summed E-state index contributed by atoms with van der Waals surface area (Å²) in [6, 6.07) is 0.650. The molecule has 0 saturated heterocycles. The molecule has 1 N–H and O–H groups in total. The van der Waals surface area contributed by atoms with Crippen LogP contribution in [0.25, 0.3) is 0 Å². The molecular weight excluding hydrogens is 224 g/mol. The summed E-state index contributed by atoms with van der Waals surface area (Å²) in [4.78, 5) is 2.51. The smallest absolute Gasteiger partial charge is 0.0593 e. The monoisotopic (exact) mass is 258 g/mol. The van der Waals surface area contributed by atoms with E-state index in [0.29, 0.717) is 6.04 Å². The molecule has 0 rings (SSSR count). The van der Waals surface area contributed by atoms with E-state index in [4.69, 9.17) is 4.74 Å². The van der Waals surface area contributed by atoms with Gasteiger partial charge < -0.3 is 10.1 Å². The van der Waals surface area contributed by atoms with E-state index in [1.807, 2.05) is 0 Å².